The Morgan fingerprint density at radius 2 is 2.00 bits per heavy atom. The molecular formula is C17H31N3O4S. The van der Waals surface area contributed by atoms with Gasteiger partial charge in [0.15, 0.2) is 0 Å². The lowest BCUT2D eigenvalue weighted by molar-refractivity contribution is 0.0945. The van der Waals surface area contributed by atoms with Gasteiger partial charge >= 0.3 is 0 Å². The summed E-state index contributed by atoms with van der Waals surface area (Å²) in [7, 11) is 0.00290. The zero-order chi connectivity index (χ0) is 18.3. The Kier molecular flexibility index (Phi) is 7.86. The Morgan fingerprint density at radius 3 is 2.68 bits per heavy atom. The van der Waals surface area contributed by atoms with Gasteiger partial charge in [-0.15, -0.1) is 0 Å². The fraction of sp³-hybridized carbons (Fsp3) is 0.824. The summed E-state index contributed by atoms with van der Waals surface area (Å²) < 4.78 is 36.9. The lowest BCUT2D eigenvalue weighted by atomic mass is 9.99. The van der Waals surface area contributed by atoms with E-state index in [1.807, 2.05) is 4.57 Å². The van der Waals surface area contributed by atoms with Crippen molar-refractivity contribution in [2.45, 2.75) is 56.9 Å². The minimum atomic E-state index is -3.35. The van der Waals surface area contributed by atoms with E-state index in [9.17, 15) is 8.42 Å². The van der Waals surface area contributed by atoms with E-state index in [1.165, 1.54) is 12.8 Å². The first kappa shape index (κ1) is 20.4. The molecular weight excluding hydrogens is 342 g/mol. The highest BCUT2D eigenvalue weighted by Gasteiger charge is 2.26. The number of hydrogen-bond donors (Lipinski definition) is 0. The van der Waals surface area contributed by atoms with Crippen LogP contribution in [0.2, 0.25) is 0 Å². The number of nitrogens with zero attached hydrogens (tertiary/aromatic N) is 3. The van der Waals surface area contributed by atoms with E-state index in [0.717, 1.165) is 31.7 Å². The van der Waals surface area contributed by atoms with Gasteiger partial charge in [-0.25, -0.2) is 13.4 Å². The molecule has 8 heteroatoms. The summed E-state index contributed by atoms with van der Waals surface area (Å²) in [6.07, 6.45) is 6.29. The number of rotatable bonds is 10. The molecule has 1 aliphatic rings. The molecule has 25 heavy (non-hydrogen) atoms. The van der Waals surface area contributed by atoms with Crippen LogP contribution >= 0.6 is 0 Å². The Bertz CT molecular complexity index is 630. The highest BCUT2D eigenvalue weighted by molar-refractivity contribution is 7.91. The van der Waals surface area contributed by atoms with Gasteiger partial charge < -0.3 is 14.0 Å². The van der Waals surface area contributed by atoms with E-state index in [2.05, 4.69) is 9.88 Å². The number of methoxy groups -OCH3 is 2. The number of ether oxygens (including phenoxy) is 2. The van der Waals surface area contributed by atoms with E-state index in [-0.39, 0.29) is 10.9 Å². The molecule has 1 fully saturated rings. The van der Waals surface area contributed by atoms with Gasteiger partial charge in [0.25, 0.3) is 0 Å². The first-order valence-electron chi connectivity index (χ1n) is 9.02. The number of imidazole rings is 1. The van der Waals surface area contributed by atoms with E-state index < -0.39 is 9.84 Å². The zero-order valence-electron chi connectivity index (χ0n) is 15.6. The van der Waals surface area contributed by atoms with E-state index in [4.69, 9.17) is 9.47 Å². The predicted molar refractivity (Wildman–Crippen MR) is 96.4 cm³/mol. The molecule has 144 valence electrons. The fourth-order valence-corrected chi connectivity index (χ4v) is 4.39. The molecule has 0 aromatic carbocycles. The summed E-state index contributed by atoms with van der Waals surface area (Å²) in [6, 6.07) is 0.478. The van der Waals surface area contributed by atoms with Gasteiger partial charge in [-0.05, 0) is 25.8 Å². The van der Waals surface area contributed by atoms with Crippen molar-refractivity contribution in [3.8, 4) is 0 Å². The van der Waals surface area contributed by atoms with Gasteiger partial charge in [0.05, 0.1) is 24.3 Å². The fourth-order valence-electron chi connectivity index (χ4n) is 3.37. The number of sulfone groups is 1. The molecule has 0 saturated carbocycles. The van der Waals surface area contributed by atoms with Gasteiger partial charge in [0.1, 0.15) is 0 Å². The van der Waals surface area contributed by atoms with Crippen molar-refractivity contribution in [3.63, 3.8) is 0 Å². The maximum Gasteiger partial charge on any atom is 0.227 e. The lowest BCUT2D eigenvalue weighted by Crippen LogP contribution is -2.40. The van der Waals surface area contributed by atoms with Crippen molar-refractivity contribution in [2.24, 2.45) is 0 Å². The van der Waals surface area contributed by atoms with Crippen LogP contribution in [0.1, 0.15) is 38.3 Å². The van der Waals surface area contributed by atoms with Gasteiger partial charge in [-0.2, -0.15) is 0 Å². The molecule has 1 aliphatic heterocycles. The van der Waals surface area contributed by atoms with Crippen LogP contribution in [0, 0.1) is 0 Å². The summed E-state index contributed by atoms with van der Waals surface area (Å²) in [5.41, 5.74) is 0.938. The van der Waals surface area contributed by atoms with Crippen LogP contribution in [-0.4, -0.2) is 68.6 Å². The zero-order valence-corrected chi connectivity index (χ0v) is 16.4. The normalized spacial score (nSPS) is 19.4. The molecule has 0 N–H and O–H groups in total. The van der Waals surface area contributed by atoms with Crippen LogP contribution in [0.5, 0.6) is 0 Å². The van der Waals surface area contributed by atoms with Crippen LogP contribution in [0.3, 0.4) is 0 Å². The Morgan fingerprint density at radius 1 is 1.24 bits per heavy atom. The van der Waals surface area contributed by atoms with Crippen molar-refractivity contribution < 1.29 is 17.9 Å². The van der Waals surface area contributed by atoms with E-state index >= 15 is 0 Å². The highest BCUT2D eigenvalue weighted by Crippen LogP contribution is 2.23. The average Bonchev–Trinajstić information content (AvgIpc) is 3.02. The van der Waals surface area contributed by atoms with E-state index in [0.29, 0.717) is 25.7 Å². The minimum absolute atomic E-state index is 0.0522. The molecule has 1 unspecified atom stereocenters. The Labute approximate surface area is 151 Å². The van der Waals surface area contributed by atoms with Gasteiger partial charge in [0.2, 0.25) is 15.0 Å². The lowest BCUT2D eigenvalue weighted by Gasteiger charge is -2.35. The second kappa shape index (κ2) is 9.66. The third-order valence-electron chi connectivity index (χ3n) is 4.85. The van der Waals surface area contributed by atoms with Crippen LogP contribution in [0.15, 0.2) is 11.4 Å². The average molecular weight is 374 g/mol. The number of hydrogen-bond acceptors (Lipinski definition) is 6. The van der Waals surface area contributed by atoms with Crippen molar-refractivity contribution >= 4 is 9.84 Å². The number of likely N-dealkylation sites (tertiary alicyclic amines) is 1. The third kappa shape index (κ3) is 5.26. The molecule has 1 aromatic heterocycles. The second-order valence-electron chi connectivity index (χ2n) is 6.48. The van der Waals surface area contributed by atoms with Gasteiger partial charge in [-0.3, -0.25) is 4.90 Å². The van der Waals surface area contributed by atoms with Crippen molar-refractivity contribution in [2.75, 3.05) is 39.7 Å². The summed E-state index contributed by atoms with van der Waals surface area (Å²) in [6.45, 7) is 5.10. The van der Waals surface area contributed by atoms with Crippen LogP contribution in [-0.2, 0) is 32.4 Å². The van der Waals surface area contributed by atoms with Crippen LogP contribution in [0.25, 0.3) is 0 Å². The smallest absolute Gasteiger partial charge is 0.227 e. The predicted octanol–water partition coefficient (Wildman–Crippen LogP) is 1.71. The van der Waals surface area contributed by atoms with Crippen LogP contribution in [0.4, 0.5) is 0 Å². The highest BCUT2D eigenvalue weighted by atomic mass is 32.2. The van der Waals surface area contributed by atoms with Gasteiger partial charge in [-0.1, -0.05) is 13.3 Å². The molecule has 2 rings (SSSR count). The molecule has 1 saturated heterocycles. The van der Waals surface area contributed by atoms with Crippen LogP contribution < -0.4 is 0 Å². The molecule has 0 spiro atoms. The van der Waals surface area contributed by atoms with Gasteiger partial charge in [0, 0.05) is 40.0 Å². The van der Waals surface area contributed by atoms with Crippen molar-refractivity contribution in [1.82, 2.24) is 14.5 Å². The molecule has 7 nitrogen and oxygen atoms in total. The summed E-state index contributed by atoms with van der Waals surface area (Å²) in [5.74, 6) is 0.0522. The van der Waals surface area contributed by atoms with E-state index in [1.54, 1.807) is 27.3 Å². The standard InChI is InChI=1S/C17H31N3O4S/c1-4-25(21,22)17-18-13-16(20(17)10-12-24-3)14-19-9-6-5-7-15(19)8-11-23-2/h13,15H,4-12,14H2,1-3H3. The largest absolute Gasteiger partial charge is 0.385 e. The molecule has 1 aromatic rings. The Hall–Kier alpha value is -0.960. The van der Waals surface area contributed by atoms with Crippen molar-refractivity contribution in [3.05, 3.63) is 11.9 Å². The first-order valence-corrected chi connectivity index (χ1v) is 10.7. The second-order valence-corrected chi connectivity index (χ2v) is 8.65. The summed E-state index contributed by atoms with van der Waals surface area (Å²) in [4.78, 5) is 6.67. The first-order chi connectivity index (χ1) is 12.0. The maximum absolute atomic E-state index is 12.3. The topological polar surface area (TPSA) is 73.7 Å². The maximum atomic E-state index is 12.3. The number of piperidine rings is 1. The minimum Gasteiger partial charge on any atom is -0.385 e. The molecule has 0 bridgehead atoms. The molecule has 0 amide bonds. The molecule has 0 radical (unpaired) electrons. The summed E-state index contributed by atoms with van der Waals surface area (Å²) in [5, 5.41) is 0.160. The summed E-state index contributed by atoms with van der Waals surface area (Å²) >= 11 is 0. The monoisotopic (exact) mass is 373 g/mol. The number of aromatic nitrogens is 2. The van der Waals surface area contributed by atoms with Crippen molar-refractivity contribution in [1.29, 1.82) is 0 Å². The third-order valence-corrected chi connectivity index (χ3v) is 6.49. The Balaban J connectivity index is 2.22. The quantitative estimate of drug-likeness (QED) is 0.622. The molecule has 1 atom stereocenters. The molecule has 2 heterocycles. The SMILES string of the molecule is CCS(=O)(=O)c1ncc(CN2CCCCC2CCOC)n1CCOC. The molecule has 0 aliphatic carbocycles.